The molecule has 6 aromatic carbocycles. The van der Waals surface area contributed by atoms with E-state index in [9.17, 15) is 0 Å². The summed E-state index contributed by atoms with van der Waals surface area (Å²) in [4.78, 5) is 0. The maximum atomic E-state index is 6.45. The lowest BCUT2D eigenvalue weighted by Gasteiger charge is -2.21. The van der Waals surface area contributed by atoms with E-state index < -0.39 is 0 Å². The van der Waals surface area contributed by atoms with Crippen molar-refractivity contribution < 1.29 is 4.74 Å². The Balaban J connectivity index is 1.24. The van der Waals surface area contributed by atoms with E-state index in [-0.39, 0.29) is 10.8 Å². The Kier molecular flexibility index (Phi) is 5.73. The second-order valence-electron chi connectivity index (χ2n) is 15.1. The van der Waals surface area contributed by atoms with Gasteiger partial charge in [-0.2, -0.15) is 0 Å². The molecular weight excluding hydrogens is 572 g/mol. The van der Waals surface area contributed by atoms with Crippen molar-refractivity contribution in [3.63, 3.8) is 0 Å². The van der Waals surface area contributed by atoms with Crippen LogP contribution in [-0.4, -0.2) is 9.13 Å². The second kappa shape index (κ2) is 9.62. The standard InChI is InChI=1S/C44H38N2O/c1-43(2,3)28-17-22-36-33(25-28)34-26-29(44(4,5)6)18-23-37(34)45(36)30-19-15-27(16-20-30)31-21-24-40-42-41(31)32-11-7-8-12-35(32)46(42)38-13-9-10-14-39(38)47-40/h7-26H,1-6H3. The molecule has 0 aliphatic carbocycles. The molecule has 8 aromatic rings. The van der Waals surface area contributed by atoms with E-state index >= 15 is 0 Å². The minimum Gasteiger partial charge on any atom is -0.453 e. The van der Waals surface area contributed by atoms with E-state index in [2.05, 4.69) is 160 Å². The van der Waals surface area contributed by atoms with Gasteiger partial charge in [0.2, 0.25) is 0 Å². The molecule has 9 rings (SSSR count). The highest BCUT2D eigenvalue weighted by atomic mass is 16.5. The first-order chi connectivity index (χ1) is 22.6. The number of fused-ring (bicyclic) bond motifs is 8. The molecule has 0 atom stereocenters. The van der Waals surface area contributed by atoms with Gasteiger partial charge in [0.1, 0.15) is 0 Å². The highest BCUT2D eigenvalue weighted by Gasteiger charge is 2.26. The maximum Gasteiger partial charge on any atom is 0.152 e. The average molecular weight is 611 g/mol. The van der Waals surface area contributed by atoms with Crippen LogP contribution >= 0.6 is 0 Å². The van der Waals surface area contributed by atoms with Crippen molar-refractivity contribution in [3.05, 3.63) is 132 Å². The van der Waals surface area contributed by atoms with Crippen molar-refractivity contribution in [2.24, 2.45) is 0 Å². The van der Waals surface area contributed by atoms with Crippen LogP contribution in [0.15, 0.2) is 121 Å². The highest BCUT2D eigenvalue weighted by molar-refractivity contribution is 6.18. The molecule has 1 aliphatic rings. The van der Waals surface area contributed by atoms with Crippen LogP contribution in [0.1, 0.15) is 52.7 Å². The Morgan fingerprint density at radius 2 is 1.09 bits per heavy atom. The summed E-state index contributed by atoms with van der Waals surface area (Å²) in [6.45, 7) is 13.8. The average Bonchev–Trinajstić information content (AvgIpc) is 3.58. The van der Waals surface area contributed by atoms with Crippen LogP contribution in [-0.2, 0) is 10.8 Å². The number of benzene rings is 6. The summed E-state index contributed by atoms with van der Waals surface area (Å²) in [5, 5.41) is 5.07. The van der Waals surface area contributed by atoms with Gasteiger partial charge in [-0.05, 0) is 99.8 Å². The van der Waals surface area contributed by atoms with E-state index in [0.717, 1.165) is 28.4 Å². The molecule has 0 spiro atoms. The zero-order chi connectivity index (χ0) is 32.2. The lowest BCUT2D eigenvalue weighted by molar-refractivity contribution is 0.476. The minimum absolute atomic E-state index is 0.0729. The molecule has 3 heteroatoms. The van der Waals surface area contributed by atoms with Crippen molar-refractivity contribution >= 4 is 43.6 Å². The van der Waals surface area contributed by atoms with Gasteiger partial charge in [-0.1, -0.05) is 96.1 Å². The van der Waals surface area contributed by atoms with Crippen molar-refractivity contribution in [1.29, 1.82) is 0 Å². The third kappa shape index (κ3) is 4.12. The number of hydrogen-bond acceptors (Lipinski definition) is 1. The fraction of sp³-hybridized carbons (Fsp3) is 0.182. The lowest BCUT2D eigenvalue weighted by atomic mass is 9.85. The van der Waals surface area contributed by atoms with Crippen LogP contribution in [0.4, 0.5) is 0 Å². The van der Waals surface area contributed by atoms with Gasteiger partial charge in [-0.25, -0.2) is 0 Å². The van der Waals surface area contributed by atoms with Crippen molar-refractivity contribution in [1.82, 2.24) is 9.13 Å². The Bertz CT molecular complexity index is 2480. The molecule has 0 N–H and O–H groups in total. The Hall–Kier alpha value is -5.28. The second-order valence-corrected chi connectivity index (χ2v) is 15.1. The summed E-state index contributed by atoms with van der Waals surface area (Å²) < 4.78 is 11.3. The van der Waals surface area contributed by atoms with Crippen LogP contribution in [0.5, 0.6) is 11.5 Å². The van der Waals surface area contributed by atoms with E-state index in [1.165, 1.54) is 60.3 Å². The molecule has 0 radical (unpaired) electrons. The Labute approximate surface area is 275 Å². The molecule has 0 unspecified atom stereocenters. The molecule has 0 saturated carbocycles. The summed E-state index contributed by atoms with van der Waals surface area (Å²) in [6.07, 6.45) is 0. The van der Waals surface area contributed by atoms with E-state index in [4.69, 9.17) is 4.74 Å². The predicted octanol–water partition coefficient (Wildman–Crippen LogP) is 12.2. The van der Waals surface area contributed by atoms with Gasteiger partial charge in [-0.15, -0.1) is 0 Å². The molecule has 1 aliphatic heterocycles. The van der Waals surface area contributed by atoms with Crippen LogP contribution in [0.25, 0.3) is 66.1 Å². The van der Waals surface area contributed by atoms with Crippen LogP contribution < -0.4 is 4.74 Å². The number of ether oxygens (including phenoxy) is 1. The van der Waals surface area contributed by atoms with Gasteiger partial charge in [0, 0.05) is 27.2 Å². The largest absolute Gasteiger partial charge is 0.453 e. The topological polar surface area (TPSA) is 19.1 Å². The summed E-state index contributed by atoms with van der Waals surface area (Å²) in [5.41, 5.74) is 12.3. The summed E-state index contributed by atoms with van der Waals surface area (Å²) in [6, 6.07) is 44.5. The number of aromatic nitrogens is 2. The molecule has 0 amide bonds. The van der Waals surface area contributed by atoms with E-state index in [0.29, 0.717) is 0 Å². The Morgan fingerprint density at radius 1 is 0.489 bits per heavy atom. The highest BCUT2D eigenvalue weighted by Crippen LogP contribution is 2.48. The third-order valence-corrected chi connectivity index (χ3v) is 10.0. The fourth-order valence-electron chi connectivity index (χ4n) is 7.51. The normalized spacial score (nSPS) is 13.1. The molecule has 3 nitrogen and oxygen atoms in total. The van der Waals surface area contributed by atoms with Gasteiger partial charge in [-0.3, -0.25) is 0 Å². The third-order valence-electron chi connectivity index (χ3n) is 10.0. The number of nitrogens with zero attached hydrogens (tertiary/aromatic N) is 2. The first-order valence-electron chi connectivity index (χ1n) is 16.6. The monoisotopic (exact) mass is 610 g/mol. The fourth-order valence-corrected chi connectivity index (χ4v) is 7.51. The first kappa shape index (κ1) is 28.0. The van der Waals surface area contributed by atoms with Crippen molar-refractivity contribution in [2.45, 2.75) is 52.4 Å². The van der Waals surface area contributed by atoms with Gasteiger partial charge < -0.3 is 13.9 Å². The molecule has 3 heterocycles. The molecule has 2 aromatic heterocycles. The summed E-state index contributed by atoms with van der Waals surface area (Å²) in [5.74, 6) is 1.78. The zero-order valence-corrected chi connectivity index (χ0v) is 27.8. The smallest absolute Gasteiger partial charge is 0.152 e. The number of para-hydroxylation sites is 3. The van der Waals surface area contributed by atoms with Gasteiger partial charge in [0.05, 0.1) is 27.8 Å². The first-order valence-corrected chi connectivity index (χ1v) is 16.6. The minimum atomic E-state index is 0.0729. The zero-order valence-electron chi connectivity index (χ0n) is 27.8. The molecule has 230 valence electrons. The summed E-state index contributed by atoms with van der Waals surface area (Å²) in [7, 11) is 0. The molecule has 0 bridgehead atoms. The number of rotatable bonds is 2. The molecule has 47 heavy (non-hydrogen) atoms. The van der Waals surface area contributed by atoms with Crippen molar-refractivity contribution in [3.8, 4) is 34.0 Å². The van der Waals surface area contributed by atoms with Gasteiger partial charge >= 0.3 is 0 Å². The van der Waals surface area contributed by atoms with Crippen molar-refractivity contribution in [2.75, 3.05) is 0 Å². The maximum absolute atomic E-state index is 6.45. The van der Waals surface area contributed by atoms with E-state index in [1.54, 1.807) is 0 Å². The Morgan fingerprint density at radius 3 is 1.74 bits per heavy atom. The van der Waals surface area contributed by atoms with Crippen LogP contribution in [0.3, 0.4) is 0 Å². The molecular formula is C44H38N2O. The van der Waals surface area contributed by atoms with Crippen LogP contribution in [0.2, 0.25) is 0 Å². The quantitative estimate of drug-likeness (QED) is 0.191. The molecule has 0 fully saturated rings. The number of hydrogen-bond donors (Lipinski definition) is 0. The summed E-state index contributed by atoms with van der Waals surface area (Å²) >= 11 is 0. The SMILES string of the molecule is CC(C)(C)c1ccc2c(c1)c1cc(C(C)(C)C)ccc1n2-c1ccc(-c2ccc3c4c2c2ccccc2n4-c2ccccc2O3)cc1. The van der Waals surface area contributed by atoms with Gasteiger partial charge in [0.15, 0.2) is 11.5 Å². The van der Waals surface area contributed by atoms with Gasteiger partial charge in [0.25, 0.3) is 0 Å². The van der Waals surface area contributed by atoms with Crippen LogP contribution in [0, 0.1) is 0 Å². The lowest BCUT2D eigenvalue weighted by Crippen LogP contribution is -2.10. The predicted molar refractivity (Wildman–Crippen MR) is 198 cm³/mol. The molecule has 0 saturated heterocycles. The van der Waals surface area contributed by atoms with E-state index in [1.807, 2.05) is 12.1 Å².